The van der Waals surface area contributed by atoms with Gasteiger partial charge >= 0.3 is 23.7 Å². The molecule has 6 N–H and O–H groups in total. The molecule has 4 heterocycles. The minimum atomic E-state index is -1.59. The first kappa shape index (κ1) is 34.2. The maximum atomic E-state index is 13.5. The molecule has 0 bridgehead atoms. The molecular weight excluding hydrogens is 636 g/mol. The number of benzene rings is 1. The van der Waals surface area contributed by atoms with Crippen LogP contribution in [-0.4, -0.2) is 75.5 Å². The van der Waals surface area contributed by atoms with Crippen molar-refractivity contribution in [1.29, 1.82) is 0 Å². The molecule has 0 unspecified atom stereocenters. The fourth-order valence-corrected chi connectivity index (χ4v) is 6.56. The number of carboxylic acids is 1. The number of nitrogen functional groups attached to an aromatic ring is 1. The number of hydrogen-bond acceptors (Lipinski definition) is 11. The monoisotopic (exact) mass is 674 g/mol. The predicted molar refractivity (Wildman–Crippen MR) is 183 cm³/mol. The molecule has 252 valence electrons. The molecule has 48 heavy (non-hydrogen) atoms. The van der Waals surface area contributed by atoms with Crippen LogP contribution in [0, 0.1) is 0 Å². The zero-order valence-electron chi connectivity index (χ0n) is 26.7. The Morgan fingerprint density at radius 1 is 1.02 bits per heavy atom. The fourth-order valence-electron chi connectivity index (χ4n) is 5.63. The van der Waals surface area contributed by atoms with Gasteiger partial charge in [0, 0.05) is 26.6 Å². The number of carboxylic acid groups (broad SMARTS) is 1. The number of fused-ring (bicyclic) bond motifs is 1. The Hall–Kier alpha value is -5.15. The van der Waals surface area contributed by atoms with Gasteiger partial charge in [-0.2, -0.15) is 0 Å². The quantitative estimate of drug-likeness (QED) is 0.145. The highest BCUT2D eigenvalue weighted by Gasteiger charge is 2.32. The van der Waals surface area contributed by atoms with Crippen molar-refractivity contribution in [3.8, 4) is 0 Å². The molecule has 0 spiro atoms. The van der Waals surface area contributed by atoms with Crippen LogP contribution in [0.25, 0.3) is 10.2 Å². The van der Waals surface area contributed by atoms with Crippen LogP contribution in [0.3, 0.4) is 0 Å². The number of ether oxygens (including phenoxy) is 1. The van der Waals surface area contributed by atoms with Crippen molar-refractivity contribution < 1.29 is 29.0 Å². The van der Waals surface area contributed by atoms with E-state index >= 15 is 0 Å². The van der Waals surface area contributed by atoms with E-state index in [9.17, 15) is 19.2 Å². The molecule has 0 radical (unpaired) electrons. The summed E-state index contributed by atoms with van der Waals surface area (Å²) in [6, 6.07) is 9.18. The van der Waals surface area contributed by atoms with Crippen molar-refractivity contribution in [1.82, 2.24) is 19.9 Å². The first-order valence-electron chi connectivity index (χ1n) is 15.7. The number of likely N-dealkylation sites (tertiary alicyclic amines) is 1. The van der Waals surface area contributed by atoms with E-state index in [1.807, 2.05) is 25.1 Å². The molecule has 1 aliphatic rings. The van der Waals surface area contributed by atoms with Crippen LogP contribution < -0.4 is 21.7 Å². The van der Waals surface area contributed by atoms with Gasteiger partial charge in [0.25, 0.3) is 0 Å². The molecule has 0 aliphatic carbocycles. The summed E-state index contributed by atoms with van der Waals surface area (Å²) in [4.78, 5) is 64.0. The second kappa shape index (κ2) is 15.6. The Morgan fingerprint density at radius 2 is 1.77 bits per heavy atom. The van der Waals surface area contributed by atoms with Crippen LogP contribution >= 0.6 is 11.3 Å². The summed E-state index contributed by atoms with van der Waals surface area (Å²) in [5, 5.41) is 18.0. The number of nitrogens with zero attached hydrogens (tertiary/aromatic N) is 4. The Morgan fingerprint density at radius 3 is 2.52 bits per heavy atom. The molecule has 5 rings (SSSR count). The van der Waals surface area contributed by atoms with Crippen LogP contribution in [0.15, 0.2) is 42.7 Å². The van der Waals surface area contributed by atoms with E-state index in [1.54, 1.807) is 35.5 Å². The number of thiazole rings is 1. The zero-order chi connectivity index (χ0) is 34.2. The second-order valence-corrected chi connectivity index (χ2v) is 12.4. The average molecular weight is 675 g/mol. The highest BCUT2D eigenvalue weighted by molar-refractivity contribution is 7.18. The number of aliphatic carboxylic acids is 1. The summed E-state index contributed by atoms with van der Waals surface area (Å²) in [5.41, 5.74) is 10.0. The van der Waals surface area contributed by atoms with Gasteiger partial charge in [0.2, 0.25) is 0 Å². The number of piperidine rings is 1. The smallest absolute Gasteiger partial charge is 0.394 e. The van der Waals surface area contributed by atoms with Crippen molar-refractivity contribution in [3.05, 3.63) is 64.4 Å². The van der Waals surface area contributed by atoms with Crippen LogP contribution in [0.1, 0.15) is 53.9 Å². The number of amides is 3. The zero-order valence-corrected chi connectivity index (χ0v) is 27.6. The number of aryl methyl sites for hydroxylation is 1. The number of carbonyl (C=O) groups is 4. The van der Waals surface area contributed by atoms with Crippen LogP contribution in [-0.2, 0) is 43.2 Å². The maximum absolute atomic E-state index is 13.5. The van der Waals surface area contributed by atoms with E-state index in [0.717, 1.165) is 52.0 Å². The van der Waals surface area contributed by atoms with E-state index in [0.29, 0.717) is 49.6 Å². The van der Waals surface area contributed by atoms with Gasteiger partial charge in [0.1, 0.15) is 11.6 Å². The third kappa shape index (κ3) is 8.22. The standard InChI is InChI=1S/C33H38N8O6S/c1-3-19-14-22(39-31(43)33(45)46)18-37-29(19)35-11-9-21-15-23(17-36-28(21)34)38-30(42)32(44)41-12-5-4-6-25(41)20-7-8-26-24(16-20)40-27(48-26)10-13-47-2/h7-8,14-18,25H,3-6,9-13H2,1-2H3,(H2,34,36)(H,35,37)(H,38,42)(H,39,43)(H,45,46)/t25-/m0/s1. The summed E-state index contributed by atoms with van der Waals surface area (Å²) < 4.78 is 6.25. The Bertz CT molecular complexity index is 1830. The van der Waals surface area contributed by atoms with E-state index in [2.05, 4.69) is 25.9 Å². The number of hydrogen-bond donors (Lipinski definition) is 5. The summed E-state index contributed by atoms with van der Waals surface area (Å²) >= 11 is 1.63. The number of aromatic nitrogens is 3. The van der Waals surface area contributed by atoms with Crippen LogP contribution in [0.5, 0.6) is 0 Å². The minimum absolute atomic E-state index is 0.235. The second-order valence-electron chi connectivity index (χ2n) is 11.3. The minimum Gasteiger partial charge on any atom is -0.474 e. The highest BCUT2D eigenvalue weighted by Crippen LogP contribution is 2.34. The normalized spacial score (nSPS) is 14.5. The Balaban J connectivity index is 1.22. The van der Waals surface area contributed by atoms with Gasteiger partial charge in [-0.1, -0.05) is 13.0 Å². The third-order valence-electron chi connectivity index (χ3n) is 8.06. The molecule has 1 fully saturated rings. The summed E-state index contributed by atoms with van der Waals surface area (Å²) in [6.45, 7) is 3.40. The first-order chi connectivity index (χ1) is 23.2. The number of methoxy groups -OCH3 is 1. The van der Waals surface area contributed by atoms with E-state index in [-0.39, 0.29) is 17.5 Å². The lowest BCUT2D eigenvalue weighted by Gasteiger charge is -2.35. The number of pyridine rings is 2. The van der Waals surface area contributed by atoms with Gasteiger partial charge in [-0.15, -0.1) is 11.3 Å². The topological polar surface area (TPSA) is 202 Å². The molecule has 1 atom stereocenters. The van der Waals surface area contributed by atoms with Crippen LogP contribution in [0.2, 0.25) is 0 Å². The summed E-state index contributed by atoms with van der Waals surface area (Å²) in [6.07, 6.45) is 7.05. The van der Waals surface area contributed by atoms with Gasteiger partial charge in [-0.25, -0.2) is 19.7 Å². The first-order valence-corrected chi connectivity index (χ1v) is 16.5. The lowest BCUT2D eigenvalue weighted by atomic mass is 9.95. The maximum Gasteiger partial charge on any atom is 0.394 e. The van der Waals surface area contributed by atoms with Crippen molar-refractivity contribution in [3.63, 3.8) is 0 Å². The average Bonchev–Trinajstić information content (AvgIpc) is 3.51. The predicted octanol–water partition coefficient (Wildman–Crippen LogP) is 3.79. The molecular formula is C33H38N8O6S. The number of anilines is 4. The van der Waals surface area contributed by atoms with Gasteiger partial charge in [-0.05, 0) is 73.1 Å². The van der Waals surface area contributed by atoms with E-state index < -0.39 is 23.7 Å². The summed E-state index contributed by atoms with van der Waals surface area (Å²) in [7, 11) is 1.67. The molecule has 1 aromatic carbocycles. The Labute approximate surface area is 281 Å². The molecule has 4 aromatic rings. The third-order valence-corrected chi connectivity index (χ3v) is 9.16. The molecule has 1 saturated heterocycles. The van der Waals surface area contributed by atoms with Crippen LogP contribution in [0.4, 0.5) is 23.0 Å². The van der Waals surface area contributed by atoms with Crippen molar-refractivity contribution in [2.75, 3.05) is 48.5 Å². The highest BCUT2D eigenvalue weighted by atomic mass is 32.1. The Kier molecular flexibility index (Phi) is 11.1. The molecule has 0 saturated carbocycles. The van der Waals surface area contributed by atoms with Crippen molar-refractivity contribution in [2.24, 2.45) is 0 Å². The lowest BCUT2D eigenvalue weighted by molar-refractivity contribution is -0.147. The van der Waals surface area contributed by atoms with Crippen molar-refractivity contribution in [2.45, 2.75) is 51.5 Å². The van der Waals surface area contributed by atoms with Gasteiger partial charge in [0.05, 0.1) is 51.6 Å². The van der Waals surface area contributed by atoms with Crippen molar-refractivity contribution >= 4 is 68.3 Å². The molecule has 1 aliphatic heterocycles. The number of nitrogens with two attached hydrogens (primary N) is 1. The van der Waals surface area contributed by atoms with Gasteiger partial charge in [-0.3, -0.25) is 14.4 Å². The number of carbonyl (C=O) groups excluding carboxylic acids is 3. The van der Waals surface area contributed by atoms with E-state index in [1.165, 1.54) is 12.4 Å². The van der Waals surface area contributed by atoms with Gasteiger partial charge in [0.15, 0.2) is 0 Å². The number of rotatable bonds is 11. The van der Waals surface area contributed by atoms with E-state index in [4.69, 9.17) is 20.6 Å². The SMILES string of the molecule is CCc1cc(NC(=O)C(=O)O)cnc1NCCc1cc(NC(=O)C(=O)N2CCCC[C@H]2c2ccc3sc(CCOC)nc3c2)cnc1N. The summed E-state index contributed by atoms with van der Waals surface area (Å²) in [5.74, 6) is -3.23. The fraction of sp³-hybridized carbons (Fsp3) is 0.364. The largest absolute Gasteiger partial charge is 0.474 e. The van der Waals surface area contributed by atoms with Gasteiger partial charge < -0.3 is 36.4 Å². The molecule has 14 nitrogen and oxygen atoms in total. The molecule has 3 amide bonds. The lowest BCUT2D eigenvalue weighted by Crippen LogP contribution is -2.44. The molecule has 15 heteroatoms. The molecule has 3 aromatic heterocycles. The number of nitrogens with one attached hydrogen (secondary N) is 3.